The molecule has 0 spiro atoms. The monoisotopic (exact) mass is 259 g/mol. The first-order valence-electron chi connectivity index (χ1n) is 6.31. The molecule has 0 fully saturated rings. The summed E-state index contributed by atoms with van der Waals surface area (Å²) in [6, 6.07) is 9.88. The lowest BCUT2D eigenvalue weighted by molar-refractivity contribution is -0.132. The van der Waals surface area contributed by atoms with Gasteiger partial charge in [-0.1, -0.05) is 42.5 Å². The maximum absolute atomic E-state index is 11.1. The number of carboxylic acids is 1. The van der Waals surface area contributed by atoms with E-state index in [2.05, 4.69) is 0 Å². The summed E-state index contributed by atoms with van der Waals surface area (Å²) < 4.78 is 0. The Kier molecular flexibility index (Phi) is 6.03. The van der Waals surface area contributed by atoms with Crippen LogP contribution in [0.1, 0.15) is 18.9 Å². The number of hydrogen-bond donors (Lipinski definition) is 1. The van der Waals surface area contributed by atoms with Crippen molar-refractivity contribution in [2.24, 2.45) is 0 Å². The van der Waals surface area contributed by atoms with E-state index in [1.54, 1.807) is 6.92 Å². The minimum atomic E-state index is -0.855. The van der Waals surface area contributed by atoms with Gasteiger partial charge in [0.05, 0.1) is 0 Å². The third-order valence-corrected chi connectivity index (χ3v) is 2.91. The summed E-state index contributed by atoms with van der Waals surface area (Å²) in [6.45, 7) is 2.49. The van der Waals surface area contributed by atoms with E-state index in [9.17, 15) is 4.79 Å². The number of carboxylic acid groups (broad SMARTS) is 1. The van der Waals surface area contributed by atoms with Gasteiger partial charge in [0.15, 0.2) is 0 Å². The van der Waals surface area contributed by atoms with Crippen molar-refractivity contribution >= 4 is 12.0 Å². The normalized spacial score (nSPS) is 12.8. The minimum absolute atomic E-state index is 0.411. The van der Waals surface area contributed by atoms with Gasteiger partial charge in [0.25, 0.3) is 0 Å². The highest BCUT2D eigenvalue weighted by atomic mass is 16.4. The van der Waals surface area contributed by atoms with E-state index in [-0.39, 0.29) is 0 Å². The van der Waals surface area contributed by atoms with Gasteiger partial charge in [-0.05, 0) is 38.6 Å². The van der Waals surface area contributed by atoms with Crippen LogP contribution in [-0.4, -0.2) is 36.6 Å². The van der Waals surface area contributed by atoms with Crippen molar-refractivity contribution in [2.75, 3.05) is 20.6 Å². The van der Waals surface area contributed by atoms with Crippen LogP contribution in [0, 0.1) is 0 Å². The fourth-order valence-corrected chi connectivity index (χ4v) is 1.64. The molecule has 0 aliphatic carbocycles. The number of allylic oxidation sites excluding steroid dienone is 1. The van der Waals surface area contributed by atoms with E-state index < -0.39 is 5.97 Å². The molecule has 1 rings (SSSR count). The number of nitrogens with zero attached hydrogens (tertiary/aromatic N) is 1. The molecule has 1 N–H and O–H groups in total. The quantitative estimate of drug-likeness (QED) is 0.630. The lowest BCUT2D eigenvalue weighted by Gasteiger charge is -2.11. The molecular formula is C16H21NO2. The lowest BCUT2D eigenvalue weighted by Crippen LogP contribution is -2.14. The van der Waals surface area contributed by atoms with Gasteiger partial charge in [0.2, 0.25) is 0 Å². The zero-order valence-corrected chi connectivity index (χ0v) is 11.8. The van der Waals surface area contributed by atoms with Crippen LogP contribution in [0.25, 0.3) is 6.08 Å². The van der Waals surface area contributed by atoms with E-state index in [0.717, 1.165) is 24.1 Å². The highest BCUT2D eigenvalue weighted by Crippen LogP contribution is 2.14. The lowest BCUT2D eigenvalue weighted by atomic mass is 10.0. The van der Waals surface area contributed by atoms with Gasteiger partial charge < -0.3 is 10.0 Å². The van der Waals surface area contributed by atoms with Crippen LogP contribution in [0.5, 0.6) is 0 Å². The van der Waals surface area contributed by atoms with Gasteiger partial charge in [0.1, 0.15) is 0 Å². The molecule has 1 aromatic carbocycles. The third kappa shape index (κ3) is 5.53. The molecule has 0 unspecified atom stereocenters. The average Bonchev–Trinajstić information content (AvgIpc) is 2.39. The van der Waals surface area contributed by atoms with Crippen LogP contribution in [0.3, 0.4) is 0 Å². The van der Waals surface area contributed by atoms with Crippen LogP contribution in [0.4, 0.5) is 0 Å². The van der Waals surface area contributed by atoms with Gasteiger partial charge in [0, 0.05) is 12.1 Å². The second-order valence-electron chi connectivity index (χ2n) is 4.75. The SMILES string of the molecule is CC(C(=O)O)=C(C=Cc1ccccc1)CCN(C)C. The summed E-state index contributed by atoms with van der Waals surface area (Å²) in [5.41, 5.74) is 2.35. The van der Waals surface area contributed by atoms with Gasteiger partial charge in [-0.2, -0.15) is 0 Å². The van der Waals surface area contributed by atoms with Crippen molar-refractivity contribution in [1.82, 2.24) is 4.90 Å². The molecule has 102 valence electrons. The molecule has 0 saturated heterocycles. The second kappa shape index (κ2) is 7.54. The number of carbonyl (C=O) groups is 1. The van der Waals surface area contributed by atoms with Gasteiger partial charge >= 0.3 is 5.97 Å². The Morgan fingerprint density at radius 1 is 1.26 bits per heavy atom. The number of rotatable bonds is 6. The zero-order chi connectivity index (χ0) is 14.3. The van der Waals surface area contributed by atoms with E-state index >= 15 is 0 Å². The number of benzene rings is 1. The second-order valence-corrected chi connectivity index (χ2v) is 4.75. The smallest absolute Gasteiger partial charge is 0.331 e. The summed E-state index contributed by atoms with van der Waals surface area (Å²) in [7, 11) is 3.96. The molecule has 0 radical (unpaired) electrons. The molecule has 3 nitrogen and oxygen atoms in total. The van der Waals surface area contributed by atoms with Crippen LogP contribution >= 0.6 is 0 Å². The first-order valence-corrected chi connectivity index (χ1v) is 6.31. The fraction of sp³-hybridized carbons (Fsp3) is 0.312. The highest BCUT2D eigenvalue weighted by molar-refractivity contribution is 5.87. The summed E-state index contributed by atoms with van der Waals surface area (Å²) in [4.78, 5) is 13.1. The Morgan fingerprint density at radius 2 is 1.89 bits per heavy atom. The van der Waals surface area contributed by atoms with E-state index in [1.165, 1.54) is 0 Å². The molecule has 19 heavy (non-hydrogen) atoms. The van der Waals surface area contributed by atoms with Crippen molar-refractivity contribution < 1.29 is 9.90 Å². The Morgan fingerprint density at radius 3 is 2.42 bits per heavy atom. The first-order chi connectivity index (χ1) is 9.00. The molecule has 1 aromatic rings. The molecule has 0 aliphatic heterocycles. The molecule has 0 heterocycles. The van der Waals surface area contributed by atoms with E-state index in [4.69, 9.17) is 5.11 Å². The molecule has 0 bridgehead atoms. The van der Waals surface area contributed by atoms with Crippen molar-refractivity contribution in [3.63, 3.8) is 0 Å². The summed E-state index contributed by atoms with van der Waals surface area (Å²) >= 11 is 0. The number of hydrogen-bond acceptors (Lipinski definition) is 2. The highest BCUT2D eigenvalue weighted by Gasteiger charge is 2.07. The van der Waals surface area contributed by atoms with Crippen molar-refractivity contribution in [3.05, 3.63) is 53.1 Å². The van der Waals surface area contributed by atoms with Gasteiger partial charge in [-0.25, -0.2) is 4.79 Å². The molecule has 0 atom stereocenters. The molecule has 0 aromatic heterocycles. The third-order valence-electron chi connectivity index (χ3n) is 2.91. The Labute approximate surface area is 114 Å². The maximum Gasteiger partial charge on any atom is 0.331 e. The van der Waals surface area contributed by atoms with Crippen LogP contribution in [0.2, 0.25) is 0 Å². The standard InChI is InChI=1S/C16H21NO2/c1-13(16(18)19)15(11-12-17(2)3)10-9-14-7-5-4-6-8-14/h4-10H,11-12H2,1-3H3,(H,18,19). The average molecular weight is 259 g/mol. The summed E-state index contributed by atoms with van der Waals surface area (Å²) in [6.07, 6.45) is 4.59. The van der Waals surface area contributed by atoms with Crippen LogP contribution in [-0.2, 0) is 4.79 Å². The Bertz CT molecular complexity index is 473. The summed E-state index contributed by atoms with van der Waals surface area (Å²) in [5, 5.41) is 9.11. The Hall–Kier alpha value is -1.87. The van der Waals surface area contributed by atoms with Crippen molar-refractivity contribution in [3.8, 4) is 0 Å². The predicted molar refractivity (Wildman–Crippen MR) is 79.0 cm³/mol. The predicted octanol–water partition coefficient (Wildman–Crippen LogP) is 3.05. The zero-order valence-electron chi connectivity index (χ0n) is 11.8. The summed E-state index contributed by atoms with van der Waals surface area (Å²) in [5.74, 6) is -0.855. The fourth-order valence-electron chi connectivity index (χ4n) is 1.64. The van der Waals surface area contributed by atoms with Crippen molar-refractivity contribution in [2.45, 2.75) is 13.3 Å². The molecule has 3 heteroatoms. The van der Waals surface area contributed by atoms with Gasteiger partial charge in [-0.3, -0.25) is 0 Å². The van der Waals surface area contributed by atoms with Crippen LogP contribution in [0.15, 0.2) is 47.6 Å². The first kappa shape index (κ1) is 15.2. The van der Waals surface area contributed by atoms with Crippen LogP contribution < -0.4 is 0 Å². The molecule has 0 aliphatic rings. The molecular weight excluding hydrogens is 238 g/mol. The van der Waals surface area contributed by atoms with E-state index in [1.807, 2.05) is 61.5 Å². The maximum atomic E-state index is 11.1. The molecule has 0 amide bonds. The Balaban J connectivity index is 2.89. The van der Waals surface area contributed by atoms with Crippen molar-refractivity contribution in [1.29, 1.82) is 0 Å². The topological polar surface area (TPSA) is 40.5 Å². The number of aliphatic carboxylic acids is 1. The molecule has 0 saturated carbocycles. The van der Waals surface area contributed by atoms with E-state index in [0.29, 0.717) is 5.57 Å². The van der Waals surface area contributed by atoms with Gasteiger partial charge in [-0.15, -0.1) is 0 Å². The largest absolute Gasteiger partial charge is 0.478 e. The minimum Gasteiger partial charge on any atom is -0.478 e.